The Morgan fingerprint density at radius 3 is 2.81 bits per heavy atom. The molecule has 1 heterocycles. The minimum atomic E-state index is -3.36. The SMILES string of the molecule is CNCCC1=CS(=O)(=O)c2ccc(F)cc21. The molecular formula is C11H12FNO2S. The third kappa shape index (κ3) is 1.88. The predicted molar refractivity (Wildman–Crippen MR) is 60.1 cm³/mol. The van der Waals surface area contributed by atoms with E-state index >= 15 is 0 Å². The van der Waals surface area contributed by atoms with Crippen LogP contribution in [0.1, 0.15) is 12.0 Å². The highest BCUT2D eigenvalue weighted by Gasteiger charge is 2.26. The number of rotatable bonds is 3. The van der Waals surface area contributed by atoms with E-state index in [1.54, 1.807) is 7.05 Å². The van der Waals surface area contributed by atoms with Gasteiger partial charge in [-0.2, -0.15) is 0 Å². The van der Waals surface area contributed by atoms with Crippen molar-refractivity contribution in [3.63, 3.8) is 0 Å². The standard InChI is InChI=1S/C11H12FNO2S/c1-13-5-4-8-7-16(14,15)11-3-2-9(12)6-10(8)11/h2-3,6-7,13H,4-5H2,1H3. The van der Waals surface area contributed by atoms with E-state index < -0.39 is 15.7 Å². The monoisotopic (exact) mass is 241 g/mol. The van der Waals surface area contributed by atoms with E-state index in [2.05, 4.69) is 5.32 Å². The van der Waals surface area contributed by atoms with Crippen molar-refractivity contribution in [3.8, 4) is 0 Å². The first-order valence-corrected chi connectivity index (χ1v) is 6.49. The van der Waals surface area contributed by atoms with Gasteiger partial charge in [-0.1, -0.05) is 0 Å². The molecule has 0 spiro atoms. The lowest BCUT2D eigenvalue weighted by Crippen LogP contribution is -2.07. The molecule has 5 heteroatoms. The third-order valence-electron chi connectivity index (χ3n) is 2.54. The zero-order valence-corrected chi connectivity index (χ0v) is 9.64. The van der Waals surface area contributed by atoms with Gasteiger partial charge in [0.1, 0.15) is 5.82 Å². The highest BCUT2D eigenvalue weighted by atomic mass is 32.2. The number of fused-ring (bicyclic) bond motifs is 1. The van der Waals surface area contributed by atoms with Crippen LogP contribution in [0.4, 0.5) is 4.39 Å². The van der Waals surface area contributed by atoms with Gasteiger partial charge in [0.25, 0.3) is 0 Å². The van der Waals surface area contributed by atoms with Crippen molar-refractivity contribution < 1.29 is 12.8 Å². The van der Waals surface area contributed by atoms with E-state index in [4.69, 9.17) is 0 Å². The smallest absolute Gasteiger partial charge is 0.200 e. The van der Waals surface area contributed by atoms with E-state index in [0.717, 1.165) is 0 Å². The maximum atomic E-state index is 13.1. The molecule has 0 saturated carbocycles. The summed E-state index contributed by atoms with van der Waals surface area (Å²) in [6.45, 7) is 0.664. The van der Waals surface area contributed by atoms with Gasteiger partial charge in [-0.15, -0.1) is 0 Å². The first-order chi connectivity index (χ1) is 7.54. The fourth-order valence-electron chi connectivity index (χ4n) is 1.77. The van der Waals surface area contributed by atoms with Gasteiger partial charge in [0.15, 0.2) is 0 Å². The molecule has 3 nitrogen and oxygen atoms in total. The lowest BCUT2D eigenvalue weighted by molar-refractivity contribution is 0.604. The highest BCUT2D eigenvalue weighted by molar-refractivity contribution is 7.95. The van der Waals surface area contributed by atoms with Crippen LogP contribution < -0.4 is 5.32 Å². The number of sulfone groups is 1. The van der Waals surface area contributed by atoms with Crippen LogP contribution in [0.15, 0.2) is 28.5 Å². The first-order valence-electron chi connectivity index (χ1n) is 4.95. The lowest BCUT2D eigenvalue weighted by Gasteiger charge is -2.03. The van der Waals surface area contributed by atoms with Crippen LogP contribution in [0.2, 0.25) is 0 Å². The second kappa shape index (κ2) is 3.99. The second-order valence-corrected chi connectivity index (χ2v) is 5.45. The molecule has 0 amide bonds. The minimum absolute atomic E-state index is 0.208. The van der Waals surface area contributed by atoms with Gasteiger partial charge in [-0.25, -0.2) is 12.8 Å². The van der Waals surface area contributed by atoms with Crippen molar-refractivity contribution in [1.82, 2.24) is 5.32 Å². The Hall–Kier alpha value is -1.20. The molecule has 0 radical (unpaired) electrons. The fourth-order valence-corrected chi connectivity index (χ4v) is 3.27. The van der Waals surface area contributed by atoms with Gasteiger partial charge < -0.3 is 5.32 Å². The Labute approximate surface area is 93.9 Å². The maximum absolute atomic E-state index is 13.1. The van der Waals surface area contributed by atoms with Crippen molar-refractivity contribution in [1.29, 1.82) is 0 Å². The summed E-state index contributed by atoms with van der Waals surface area (Å²) in [6, 6.07) is 3.77. The quantitative estimate of drug-likeness (QED) is 0.817. The summed E-state index contributed by atoms with van der Waals surface area (Å²) in [5.74, 6) is -0.411. The van der Waals surface area contributed by atoms with Crippen molar-refractivity contribution in [2.75, 3.05) is 13.6 Å². The van der Waals surface area contributed by atoms with E-state index in [1.807, 2.05) is 0 Å². The molecular weight excluding hydrogens is 229 g/mol. The molecule has 0 saturated heterocycles. The number of nitrogens with one attached hydrogen (secondary N) is 1. The fraction of sp³-hybridized carbons (Fsp3) is 0.273. The molecule has 0 aromatic heterocycles. The Kier molecular flexibility index (Phi) is 2.82. The molecule has 0 aliphatic carbocycles. The number of benzene rings is 1. The van der Waals surface area contributed by atoms with E-state index in [9.17, 15) is 12.8 Å². The van der Waals surface area contributed by atoms with Crippen LogP contribution in [0.5, 0.6) is 0 Å². The molecule has 0 atom stereocenters. The van der Waals surface area contributed by atoms with E-state index in [-0.39, 0.29) is 4.90 Å². The van der Waals surface area contributed by atoms with Gasteiger partial charge in [0.2, 0.25) is 9.84 Å². The minimum Gasteiger partial charge on any atom is -0.319 e. The molecule has 16 heavy (non-hydrogen) atoms. The Balaban J connectivity index is 2.49. The average Bonchev–Trinajstić information content (AvgIpc) is 2.47. The third-order valence-corrected chi connectivity index (χ3v) is 4.10. The Morgan fingerprint density at radius 2 is 2.12 bits per heavy atom. The number of hydrogen-bond acceptors (Lipinski definition) is 3. The lowest BCUT2D eigenvalue weighted by atomic mass is 10.0. The van der Waals surface area contributed by atoms with Crippen LogP contribution in [-0.4, -0.2) is 22.0 Å². The van der Waals surface area contributed by atoms with Crippen molar-refractivity contribution in [2.45, 2.75) is 11.3 Å². The molecule has 2 rings (SSSR count). The van der Waals surface area contributed by atoms with Crippen molar-refractivity contribution >= 4 is 15.4 Å². The Morgan fingerprint density at radius 1 is 1.38 bits per heavy atom. The van der Waals surface area contributed by atoms with Gasteiger partial charge in [-0.05, 0) is 43.8 Å². The first kappa shape index (κ1) is 11.3. The average molecular weight is 241 g/mol. The van der Waals surface area contributed by atoms with Gasteiger partial charge in [0.05, 0.1) is 4.90 Å². The second-order valence-electron chi connectivity index (χ2n) is 3.68. The van der Waals surface area contributed by atoms with Crippen LogP contribution in [-0.2, 0) is 9.84 Å². The Bertz CT molecular complexity index is 549. The van der Waals surface area contributed by atoms with Gasteiger partial charge >= 0.3 is 0 Å². The van der Waals surface area contributed by atoms with Crippen LogP contribution in [0.25, 0.3) is 5.57 Å². The van der Waals surface area contributed by atoms with Crippen LogP contribution in [0, 0.1) is 5.82 Å². The van der Waals surface area contributed by atoms with Gasteiger partial charge in [-0.3, -0.25) is 0 Å². The molecule has 0 bridgehead atoms. The highest BCUT2D eigenvalue weighted by Crippen LogP contribution is 2.35. The predicted octanol–water partition coefficient (Wildman–Crippen LogP) is 1.56. The summed E-state index contributed by atoms with van der Waals surface area (Å²) in [6.07, 6.45) is 0.576. The summed E-state index contributed by atoms with van der Waals surface area (Å²) in [5.41, 5.74) is 1.17. The topological polar surface area (TPSA) is 46.2 Å². The zero-order chi connectivity index (χ0) is 11.8. The molecule has 1 aromatic carbocycles. The molecule has 1 N–H and O–H groups in total. The molecule has 1 aromatic rings. The van der Waals surface area contributed by atoms with Crippen molar-refractivity contribution in [2.24, 2.45) is 0 Å². The summed E-state index contributed by atoms with van der Waals surface area (Å²) < 4.78 is 36.5. The molecule has 0 fully saturated rings. The number of hydrogen-bond donors (Lipinski definition) is 1. The molecule has 86 valence electrons. The van der Waals surface area contributed by atoms with E-state index in [0.29, 0.717) is 24.1 Å². The van der Waals surface area contributed by atoms with Crippen LogP contribution in [0.3, 0.4) is 0 Å². The molecule has 1 aliphatic heterocycles. The molecule has 1 aliphatic rings. The van der Waals surface area contributed by atoms with Crippen molar-refractivity contribution in [3.05, 3.63) is 35.0 Å². The molecule has 0 unspecified atom stereocenters. The normalized spacial score (nSPS) is 17.0. The van der Waals surface area contributed by atoms with E-state index in [1.165, 1.54) is 23.6 Å². The summed E-state index contributed by atoms with van der Waals surface area (Å²) >= 11 is 0. The summed E-state index contributed by atoms with van der Waals surface area (Å²) in [7, 11) is -1.57. The van der Waals surface area contributed by atoms with Gasteiger partial charge in [0, 0.05) is 11.0 Å². The number of halogens is 1. The largest absolute Gasteiger partial charge is 0.319 e. The van der Waals surface area contributed by atoms with Crippen LogP contribution >= 0.6 is 0 Å². The summed E-state index contributed by atoms with van der Waals surface area (Å²) in [4.78, 5) is 0.208. The maximum Gasteiger partial charge on any atom is 0.200 e. The zero-order valence-electron chi connectivity index (χ0n) is 8.83. The summed E-state index contributed by atoms with van der Waals surface area (Å²) in [5, 5.41) is 4.17.